The minimum atomic E-state index is 0. The fraction of sp³-hybridized carbons (Fsp3) is 0.476. The first-order chi connectivity index (χ1) is 13.2. The zero-order valence-corrected chi connectivity index (χ0v) is 20.5. The first kappa shape index (κ1) is 21.9. The number of nitrogens with zero attached hydrogens (tertiary/aromatic N) is 3. The molecule has 1 aliphatic heterocycles. The van der Waals surface area contributed by atoms with Crippen molar-refractivity contribution in [3.63, 3.8) is 0 Å². The Morgan fingerprint density at radius 1 is 1.32 bits per heavy atom. The maximum Gasteiger partial charge on any atom is 0.191 e. The summed E-state index contributed by atoms with van der Waals surface area (Å²) in [6.07, 6.45) is 5.72. The van der Waals surface area contributed by atoms with Gasteiger partial charge in [0.25, 0.3) is 0 Å². The first-order valence-corrected chi connectivity index (χ1v) is 11.7. The van der Waals surface area contributed by atoms with Gasteiger partial charge in [-0.25, -0.2) is 0 Å². The monoisotopic (exact) mass is 528 g/mol. The third-order valence-electron chi connectivity index (χ3n) is 5.66. The molecule has 152 valence electrons. The Morgan fingerprint density at radius 3 is 2.75 bits per heavy atom. The summed E-state index contributed by atoms with van der Waals surface area (Å²) in [6.45, 7) is 2.79. The number of fused-ring (bicyclic) bond motifs is 1. The summed E-state index contributed by atoms with van der Waals surface area (Å²) < 4.78 is 0. The molecule has 1 unspecified atom stereocenters. The fourth-order valence-electron chi connectivity index (χ4n) is 3.73. The van der Waals surface area contributed by atoms with Gasteiger partial charge in [0.15, 0.2) is 5.96 Å². The molecule has 4 rings (SSSR count). The molecule has 4 nitrogen and oxygen atoms in total. The molecule has 7 heteroatoms. The summed E-state index contributed by atoms with van der Waals surface area (Å²) in [5.74, 6) is 0.677. The molecule has 2 N–H and O–H groups in total. The quantitative estimate of drug-likeness (QED) is 0.258. The Morgan fingerprint density at radius 2 is 2.07 bits per heavy atom. The van der Waals surface area contributed by atoms with E-state index >= 15 is 0 Å². The van der Waals surface area contributed by atoms with Crippen molar-refractivity contribution in [1.29, 1.82) is 0 Å². The van der Waals surface area contributed by atoms with Crippen LogP contribution in [0.4, 0.5) is 0 Å². The number of thiophene rings is 1. The van der Waals surface area contributed by atoms with Gasteiger partial charge in [0.1, 0.15) is 0 Å². The van der Waals surface area contributed by atoms with E-state index in [-0.39, 0.29) is 30.0 Å². The Balaban J connectivity index is 0.00000225. The first-order valence-electron chi connectivity index (χ1n) is 9.61. The third-order valence-corrected chi connectivity index (χ3v) is 7.43. The predicted octanol–water partition coefficient (Wildman–Crippen LogP) is 4.60. The van der Waals surface area contributed by atoms with Crippen molar-refractivity contribution in [3.05, 3.63) is 51.7 Å². The van der Waals surface area contributed by atoms with Crippen LogP contribution in [-0.4, -0.2) is 48.2 Å². The van der Waals surface area contributed by atoms with Crippen LogP contribution in [0.5, 0.6) is 0 Å². The standard InChI is InChI=1S/C21H28N4S2.HI/c1-24(17-5-6-17)21(22)23-13-19(15-3-7-18(26-2)8-4-15)25-11-9-20-16(14-25)10-12-27-20;/h3-4,7-8,10,12,17,19H,5-6,9,11,13-14H2,1-2H3,(H2,22,23);1H. The highest BCUT2D eigenvalue weighted by molar-refractivity contribution is 14.0. The molecule has 1 aromatic carbocycles. The van der Waals surface area contributed by atoms with E-state index in [1.165, 1.54) is 28.9 Å². The molecule has 2 heterocycles. The number of guanidine groups is 1. The Hall–Kier alpha value is -0.770. The van der Waals surface area contributed by atoms with Crippen molar-refractivity contribution in [2.75, 3.05) is 26.4 Å². The lowest BCUT2D eigenvalue weighted by Crippen LogP contribution is -2.38. The van der Waals surface area contributed by atoms with E-state index in [0.29, 0.717) is 18.5 Å². The Kier molecular flexibility index (Phi) is 7.69. The van der Waals surface area contributed by atoms with Gasteiger partial charge in [-0.05, 0) is 60.2 Å². The highest BCUT2D eigenvalue weighted by Gasteiger charge is 2.29. The zero-order valence-electron chi connectivity index (χ0n) is 16.5. The number of hydrogen-bond acceptors (Lipinski definition) is 4. The van der Waals surface area contributed by atoms with E-state index in [9.17, 15) is 0 Å². The maximum absolute atomic E-state index is 6.28. The van der Waals surface area contributed by atoms with Gasteiger partial charge in [-0.2, -0.15) is 0 Å². The minimum absolute atomic E-state index is 0. The lowest BCUT2D eigenvalue weighted by atomic mass is 10.0. The summed E-state index contributed by atoms with van der Waals surface area (Å²) in [5, 5.41) is 2.22. The number of rotatable bonds is 6. The number of halogens is 1. The van der Waals surface area contributed by atoms with Crippen LogP contribution in [0.15, 0.2) is 45.6 Å². The van der Waals surface area contributed by atoms with Crippen molar-refractivity contribution < 1.29 is 0 Å². The number of nitrogens with two attached hydrogens (primary N) is 1. The largest absolute Gasteiger partial charge is 0.370 e. The number of thioether (sulfide) groups is 1. The van der Waals surface area contributed by atoms with Gasteiger partial charge in [0, 0.05) is 36.0 Å². The lowest BCUT2D eigenvalue weighted by molar-refractivity contribution is 0.185. The summed E-state index contributed by atoms with van der Waals surface area (Å²) in [5.41, 5.74) is 9.08. The van der Waals surface area contributed by atoms with Crippen LogP contribution >= 0.6 is 47.1 Å². The highest BCUT2D eigenvalue weighted by atomic mass is 127. The highest BCUT2D eigenvalue weighted by Crippen LogP contribution is 2.32. The molecule has 0 saturated heterocycles. The molecule has 1 aliphatic carbocycles. The van der Waals surface area contributed by atoms with Crippen LogP contribution in [0.25, 0.3) is 0 Å². The SMILES string of the molecule is CSc1ccc(C(CN=C(N)N(C)C2CC2)N2CCc3sccc3C2)cc1.I. The molecule has 0 amide bonds. The molecule has 0 bridgehead atoms. The van der Waals surface area contributed by atoms with Crippen LogP contribution < -0.4 is 5.73 Å². The minimum Gasteiger partial charge on any atom is -0.370 e. The van der Waals surface area contributed by atoms with Crippen molar-refractivity contribution in [2.24, 2.45) is 10.7 Å². The van der Waals surface area contributed by atoms with Gasteiger partial charge in [-0.3, -0.25) is 9.89 Å². The van der Waals surface area contributed by atoms with E-state index in [0.717, 1.165) is 19.5 Å². The van der Waals surface area contributed by atoms with E-state index in [1.807, 2.05) is 11.3 Å². The van der Waals surface area contributed by atoms with Gasteiger partial charge in [0.05, 0.1) is 12.6 Å². The molecule has 2 aromatic rings. The molecule has 1 saturated carbocycles. The normalized spacial score (nSPS) is 18.3. The summed E-state index contributed by atoms with van der Waals surface area (Å²) >= 11 is 3.67. The van der Waals surface area contributed by atoms with Gasteiger partial charge in [-0.1, -0.05) is 12.1 Å². The number of benzene rings is 1. The third kappa shape index (κ3) is 5.04. The van der Waals surface area contributed by atoms with E-state index in [4.69, 9.17) is 10.7 Å². The molecular formula is C21H29IN4S2. The van der Waals surface area contributed by atoms with Crippen LogP contribution in [0.2, 0.25) is 0 Å². The van der Waals surface area contributed by atoms with Crippen molar-refractivity contribution in [1.82, 2.24) is 9.80 Å². The van der Waals surface area contributed by atoms with Gasteiger partial charge < -0.3 is 10.6 Å². The van der Waals surface area contributed by atoms with Gasteiger partial charge in [-0.15, -0.1) is 47.1 Å². The van der Waals surface area contributed by atoms with E-state index in [2.05, 4.69) is 58.8 Å². The van der Waals surface area contributed by atoms with Gasteiger partial charge >= 0.3 is 0 Å². The molecule has 0 spiro atoms. The average Bonchev–Trinajstić information content (AvgIpc) is 3.45. The number of hydrogen-bond donors (Lipinski definition) is 1. The van der Waals surface area contributed by atoms with Gasteiger partial charge in [0.2, 0.25) is 0 Å². The zero-order chi connectivity index (χ0) is 18.8. The molecule has 1 atom stereocenters. The topological polar surface area (TPSA) is 44.9 Å². The van der Waals surface area contributed by atoms with Crippen LogP contribution in [0, 0.1) is 0 Å². The van der Waals surface area contributed by atoms with E-state index in [1.54, 1.807) is 16.6 Å². The second-order valence-electron chi connectivity index (χ2n) is 7.42. The maximum atomic E-state index is 6.28. The molecular weight excluding hydrogens is 499 g/mol. The molecule has 2 aliphatic rings. The lowest BCUT2D eigenvalue weighted by Gasteiger charge is -2.34. The average molecular weight is 529 g/mol. The Bertz CT molecular complexity index is 801. The fourth-order valence-corrected chi connectivity index (χ4v) is 5.03. The molecule has 28 heavy (non-hydrogen) atoms. The summed E-state index contributed by atoms with van der Waals surface area (Å²) in [6, 6.07) is 12.1. The Labute approximate surface area is 193 Å². The van der Waals surface area contributed by atoms with Crippen molar-refractivity contribution in [3.8, 4) is 0 Å². The second kappa shape index (κ2) is 9.82. The van der Waals surface area contributed by atoms with Crippen LogP contribution in [-0.2, 0) is 13.0 Å². The van der Waals surface area contributed by atoms with Crippen LogP contribution in [0.1, 0.15) is 34.9 Å². The van der Waals surface area contributed by atoms with Crippen molar-refractivity contribution >= 4 is 53.0 Å². The smallest absolute Gasteiger partial charge is 0.191 e. The molecule has 1 aromatic heterocycles. The number of aliphatic imine (C=N–C) groups is 1. The molecule has 0 radical (unpaired) electrons. The summed E-state index contributed by atoms with van der Waals surface area (Å²) in [4.78, 5) is 12.3. The van der Waals surface area contributed by atoms with Crippen LogP contribution in [0.3, 0.4) is 0 Å². The van der Waals surface area contributed by atoms with Crippen molar-refractivity contribution in [2.45, 2.75) is 42.8 Å². The second-order valence-corrected chi connectivity index (χ2v) is 9.30. The predicted molar refractivity (Wildman–Crippen MR) is 132 cm³/mol. The van der Waals surface area contributed by atoms with E-state index < -0.39 is 0 Å². The molecule has 1 fully saturated rings. The summed E-state index contributed by atoms with van der Waals surface area (Å²) in [7, 11) is 2.07.